The van der Waals surface area contributed by atoms with E-state index in [-0.39, 0.29) is 17.5 Å². The molecule has 0 amide bonds. The minimum atomic E-state index is -0.952. The Balaban J connectivity index is 2.65. The number of phenolic OH excluding ortho intramolecular Hbond substituents is 2. The summed E-state index contributed by atoms with van der Waals surface area (Å²) in [6.45, 7) is 4.08. The first kappa shape index (κ1) is 16.9. The number of esters is 1. The molecule has 4 heteroatoms. The molecule has 0 saturated carbocycles. The number of hydrogen-bond donors (Lipinski definition) is 2. The maximum atomic E-state index is 12.9. The number of phenols is 2. The molecule has 0 heterocycles. The maximum Gasteiger partial charge on any atom is 0.321 e. The molecule has 0 fully saturated rings. The van der Waals surface area contributed by atoms with Gasteiger partial charge in [-0.2, -0.15) is 0 Å². The number of benzene rings is 2. The van der Waals surface area contributed by atoms with Crippen molar-refractivity contribution in [3.05, 3.63) is 59.7 Å². The Kier molecular flexibility index (Phi) is 5.27. The Hall–Kier alpha value is -2.49. The van der Waals surface area contributed by atoms with Crippen molar-refractivity contribution in [2.24, 2.45) is 0 Å². The molecule has 23 heavy (non-hydrogen) atoms. The van der Waals surface area contributed by atoms with Crippen LogP contribution in [0.25, 0.3) is 0 Å². The van der Waals surface area contributed by atoms with Crippen LogP contribution in [-0.2, 0) is 14.9 Å². The fourth-order valence-electron chi connectivity index (χ4n) is 2.91. The number of carbonyl (C=O) groups is 1. The Morgan fingerprint density at radius 1 is 0.913 bits per heavy atom. The average molecular weight is 314 g/mol. The summed E-state index contributed by atoms with van der Waals surface area (Å²) in [7, 11) is 0. The number of ether oxygens (including phenoxy) is 1. The quantitative estimate of drug-likeness (QED) is 0.797. The van der Waals surface area contributed by atoms with Crippen LogP contribution in [0.15, 0.2) is 48.5 Å². The van der Waals surface area contributed by atoms with Gasteiger partial charge in [0, 0.05) is 0 Å². The summed E-state index contributed by atoms with van der Waals surface area (Å²) >= 11 is 0. The number of rotatable bonds is 6. The summed E-state index contributed by atoms with van der Waals surface area (Å²) in [5.41, 5.74) is 0.578. The minimum absolute atomic E-state index is 0.147. The Morgan fingerprint density at radius 2 is 1.35 bits per heavy atom. The normalized spacial score (nSPS) is 11.2. The summed E-state index contributed by atoms with van der Waals surface area (Å²) in [5.74, 6) is -0.0272. The summed E-state index contributed by atoms with van der Waals surface area (Å²) < 4.78 is 5.37. The molecule has 0 aliphatic carbocycles. The Labute approximate surface area is 136 Å². The first-order valence-corrected chi connectivity index (χ1v) is 7.80. The van der Waals surface area contributed by atoms with Gasteiger partial charge < -0.3 is 14.9 Å². The van der Waals surface area contributed by atoms with Crippen molar-refractivity contribution >= 4 is 5.97 Å². The third-order valence-corrected chi connectivity index (χ3v) is 3.97. The van der Waals surface area contributed by atoms with Crippen molar-refractivity contribution in [3.8, 4) is 11.5 Å². The molecule has 2 aromatic rings. The third kappa shape index (κ3) is 3.31. The molecular formula is C19H22O4. The molecule has 0 atom stereocenters. The molecule has 2 rings (SSSR count). The second-order valence-corrected chi connectivity index (χ2v) is 5.47. The summed E-state index contributed by atoms with van der Waals surface area (Å²) in [4.78, 5) is 12.9. The van der Waals surface area contributed by atoms with E-state index in [1.54, 1.807) is 55.5 Å². The molecule has 0 aliphatic rings. The van der Waals surface area contributed by atoms with Gasteiger partial charge >= 0.3 is 5.97 Å². The molecule has 0 unspecified atom stereocenters. The summed E-state index contributed by atoms with van der Waals surface area (Å²) in [6, 6.07) is 13.3. The van der Waals surface area contributed by atoms with Gasteiger partial charge in [0.25, 0.3) is 0 Å². The lowest BCUT2D eigenvalue weighted by atomic mass is 9.71. The van der Waals surface area contributed by atoms with E-state index in [4.69, 9.17) is 4.74 Å². The molecule has 122 valence electrons. The largest absolute Gasteiger partial charge is 0.508 e. The highest BCUT2D eigenvalue weighted by atomic mass is 16.5. The van der Waals surface area contributed by atoms with Gasteiger partial charge in [-0.25, -0.2) is 0 Å². The van der Waals surface area contributed by atoms with Gasteiger partial charge in [0.05, 0.1) is 6.61 Å². The highest BCUT2D eigenvalue weighted by Gasteiger charge is 2.42. The zero-order valence-corrected chi connectivity index (χ0v) is 13.5. The molecule has 0 aliphatic heterocycles. The van der Waals surface area contributed by atoms with Gasteiger partial charge in [0.2, 0.25) is 0 Å². The fraction of sp³-hybridized carbons (Fsp3) is 0.316. The van der Waals surface area contributed by atoms with Gasteiger partial charge in [-0.3, -0.25) is 4.79 Å². The van der Waals surface area contributed by atoms with E-state index < -0.39 is 5.41 Å². The first-order valence-electron chi connectivity index (χ1n) is 7.80. The number of hydrogen-bond acceptors (Lipinski definition) is 4. The van der Waals surface area contributed by atoms with Crippen LogP contribution in [0, 0.1) is 0 Å². The molecule has 4 nitrogen and oxygen atoms in total. The molecule has 0 aromatic heterocycles. The van der Waals surface area contributed by atoms with Crippen molar-refractivity contribution in [3.63, 3.8) is 0 Å². The van der Waals surface area contributed by atoms with Gasteiger partial charge in [-0.05, 0) is 48.7 Å². The van der Waals surface area contributed by atoms with Crippen molar-refractivity contribution in [2.45, 2.75) is 32.1 Å². The second-order valence-electron chi connectivity index (χ2n) is 5.47. The summed E-state index contributed by atoms with van der Waals surface area (Å²) in [6.07, 6.45) is 1.35. The minimum Gasteiger partial charge on any atom is -0.508 e. The van der Waals surface area contributed by atoms with Crippen LogP contribution in [0.2, 0.25) is 0 Å². The predicted octanol–water partition coefficient (Wildman–Crippen LogP) is 3.75. The third-order valence-electron chi connectivity index (χ3n) is 3.97. The van der Waals surface area contributed by atoms with Crippen LogP contribution in [0.1, 0.15) is 37.8 Å². The van der Waals surface area contributed by atoms with Gasteiger partial charge in [0.1, 0.15) is 16.9 Å². The molecule has 2 aromatic carbocycles. The SMILES string of the molecule is CCCC(C(=O)OCC)(c1ccc(O)cc1)c1ccc(O)cc1. The first-order chi connectivity index (χ1) is 11.0. The van der Waals surface area contributed by atoms with Gasteiger partial charge in [-0.1, -0.05) is 37.6 Å². The van der Waals surface area contributed by atoms with E-state index in [0.717, 1.165) is 17.5 Å². The average Bonchev–Trinajstić information content (AvgIpc) is 2.54. The van der Waals surface area contributed by atoms with Crippen LogP contribution in [0.4, 0.5) is 0 Å². The zero-order chi connectivity index (χ0) is 16.9. The van der Waals surface area contributed by atoms with Gasteiger partial charge in [0.15, 0.2) is 0 Å². The highest BCUT2D eigenvalue weighted by molar-refractivity contribution is 5.87. The topological polar surface area (TPSA) is 66.8 Å². The van der Waals surface area contributed by atoms with Crippen molar-refractivity contribution in [1.29, 1.82) is 0 Å². The van der Waals surface area contributed by atoms with E-state index in [1.807, 2.05) is 6.92 Å². The monoisotopic (exact) mass is 314 g/mol. The standard InChI is InChI=1S/C19H22O4/c1-3-13-19(18(22)23-4-2,14-5-9-16(20)10-6-14)15-7-11-17(21)12-8-15/h5-12,20-21H,3-4,13H2,1-2H3. The lowest BCUT2D eigenvalue weighted by Crippen LogP contribution is -2.38. The van der Waals surface area contributed by atoms with E-state index in [9.17, 15) is 15.0 Å². The fourth-order valence-corrected chi connectivity index (χ4v) is 2.91. The van der Waals surface area contributed by atoms with Crippen LogP contribution in [-0.4, -0.2) is 22.8 Å². The molecular weight excluding hydrogens is 292 g/mol. The molecule has 0 spiro atoms. The summed E-state index contributed by atoms with van der Waals surface area (Å²) in [5, 5.41) is 19.1. The van der Waals surface area contributed by atoms with Crippen LogP contribution in [0.5, 0.6) is 11.5 Å². The lowest BCUT2D eigenvalue weighted by molar-refractivity contribution is -0.148. The highest BCUT2D eigenvalue weighted by Crippen LogP contribution is 2.39. The second kappa shape index (κ2) is 7.18. The van der Waals surface area contributed by atoms with Crippen molar-refractivity contribution in [1.82, 2.24) is 0 Å². The smallest absolute Gasteiger partial charge is 0.321 e. The Bertz CT molecular complexity index is 599. The number of aromatic hydroxyl groups is 2. The van der Waals surface area contributed by atoms with Crippen molar-refractivity contribution in [2.75, 3.05) is 6.61 Å². The number of carbonyl (C=O) groups excluding carboxylic acids is 1. The lowest BCUT2D eigenvalue weighted by Gasteiger charge is -2.32. The Morgan fingerprint density at radius 3 is 1.70 bits per heavy atom. The van der Waals surface area contributed by atoms with Gasteiger partial charge in [-0.15, -0.1) is 0 Å². The molecule has 0 bridgehead atoms. The van der Waals surface area contributed by atoms with E-state index in [1.165, 1.54) is 0 Å². The van der Waals surface area contributed by atoms with Crippen LogP contribution in [0.3, 0.4) is 0 Å². The van der Waals surface area contributed by atoms with E-state index in [0.29, 0.717) is 13.0 Å². The molecule has 0 saturated heterocycles. The maximum absolute atomic E-state index is 12.9. The molecule has 2 N–H and O–H groups in total. The van der Waals surface area contributed by atoms with Crippen LogP contribution < -0.4 is 0 Å². The van der Waals surface area contributed by atoms with E-state index >= 15 is 0 Å². The van der Waals surface area contributed by atoms with E-state index in [2.05, 4.69) is 0 Å². The zero-order valence-electron chi connectivity index (χ0n) is 13.5. The van der Waals surface area contributed by atoms with Crippen LogP contribution >= 0.6 is 0 Å². The van der Waals surface area contributed by atoms with Crippen molar-refractivity contribution < 1.29 is 19.7 Å². The predicted molar refractivity (Wildman–Crippen MR) is 88.5 cm³/mol. The molecule has 0 radical (unpaired) electrons.